The zero-order valence-corrected chi connectivity index (χ0v) is 21.6. The number of thiazole rings is 1. The average Bonchev–Trinajstić information content (AvgIpc) is 3.27. The maximum absolute atomic E-state index is 12.5. The van der Waals surface area contributed by atoms with Gasteiger partial charge in [0, 0.05) is 36.6 Å². The summed E-state index contributed by atoms with van der Waals surface area (Å²) in [5.41, 5.74) is 9.30. The smallest absolute Gasteiger partial charge is 0.230 e. The van der Waals surface area contributed by atoms with E-state index in [4.69, 9.17) is 40.5 Å². The number of nitrogen functional groups attached to an aromatic ring is 1. The van der Waals surface area contributed by atoms with Crippen molar-refractivity contribution in [3.63, 3.8) is 0 Å². The van der Waals surface area contributed by atoms with Crippen LogP contribution < -0.4 is 11.1 Å². The Kier molecular flexibility index (Phi) is 8.43. The SMILES string of the molecule is Nc1cc(-c2csc(SCC(=O)NC3CCN(Cc4ccc(Cl)c(Cl)c4)CC3)n2)ccc1Cl. The Hall–Kier alpha value is -1.48. The summed E-state index contributed by atoms with van der Waals surface area (Å²) in [6, 6.07) is 11.4. The maximum Gasteiger partial charge on any atom is 0.230 e. The molecule has 4 rings (SSSR count). The Morgan fingerprint density at radius 1 is 1.12 bits per heavy atom. The van der Waals surface area contributed by atoms with Crippen LogP contribution in [0.15, 0.2) is 46.1 Å². The Morgan fingerprint density at radius 2 is 1.88 bits per heavy atom. The molecular formula is C23H23Cl3N4OS2. The number of aromatic nitrogens is 1. The second-order valence-electron chi connectivity index (χ2n) is 7.89. The molecule has 1 aliphatic heterocycles. The monoisotopic (exact) mass is 540 g/mol. The second kappa shape index (κ2) is 11.3. The summed E-state index contributed by atoms with van der Waals surface area (Å²) in [5.74, 6) is 0.384. The molecule has 0 aliphatic carbocycles. The number of likely N-dealkylation sites (tertiary alicyclic amines) is 1. The molecule has 1 aliphatic rings. The number of hydrogen-bond donors (Lipinski definition) is 2. The summed E-state index contributed by atoms with van der Waals surface area (Å²) in [6.07, 6.45) is 1.86. The van der Waals surface area contributed by atoms with Crippen molar-refractivity contribution in [2.75, 3.05) is 24.6 Å². The molecule has 10 heteroatoms. The van der Waals surface area contributed by atoms with Gasteiger partial charge in [0.15, 0.2) is 4.34 Å². The van der Waals surface area contributed by atoms with Crippen molar-refractivity contribution in [3.8, 4) is 11.3 Å². The number of thioether (sulfide) groups is 1. The molecule has 0 spiro atoms. The lowest BCUT2D eigenvalue weighted by atomic mass is 10.0. The van der Waals surface area contributed by atoms with Gasteiger partial charge in [0.05, 0.1) is 32.2 Å². The predicted octanol–water partition coefficient (Wildman–Crippen LogP) is 6.23. The zero-order valence-electron chi connectivity index (χ0n) is 17.7. The fourth-order valence-electron chi connectivity index (χ4n) is 3.69. The number of piperidine rings is 1. The fraction of sp³-hybridized carbons (Fsp3) is 0.304. The van der Waals surface area contributed by atoms with Gasteiger partial charge in [0.1, 0.15) is 0 Å². The lowest BCUT2D eigenvalue weighted by Gasteiger charge is -2.32. The largest absolute Gasteiger partial charge is 0.398 e. The molecule has 1 aromatic heterocycles. The van der Waals surface area contributed by atoms with Crippen LogP contribution in [0.1, 0.15) is 18.4 Å². The maximum atomic E-state index is 12.5. The highest BCUT2D eigenvalue weighted by atomic mass is 35.5. The second-order valence-corrected chi connectivity index (χ2v) is 11.2. The third-order valence-electron chi connectivity index (χ3n) is 5.44. The molecule has 5 nitrogen and oxygen atoms in total. The van der Waals surface area contributed by atoms with Crippen molar-refractivity contribution in [2.24, 2.45) is 0 Å². The minimum Gasteiger partial charge on any atom is -0.398 e. The summed E-state index contributed by atoms with van der Waals surface area (Å²) in [7, 11) is 0. The van der Waals surface area contributed by atoms with E-state index in [1.54, 1.807) is 6.07 Å². The minimum absolute atomic E-state index is 0.0374. The van der Waals surface area contributed by atoms with Crippen LogP contribution in [0.3, 0.4) is 0 Å². The number of carbonyl (C=O) groups excluding carboxylic acids is 1. The van der Waals surface area contributed by atoms with Crippen molar-refractivity contribution < 1.29 is 4.79 Å². The number of amides is 1. The van der Waals surface area contributed by atoms with E-state index >= 15 is 0 Å². The number of hydrogen-bond acceptors (Lipinski definition) is 6. The molecule has 3 N–H and O–H groups in total. The molecule has 33 heavy (non-hydrogen) atoms. The van der Waals surface area contributed by atoms with Gasteiger partial charge in [-0.1, -0.05) is 58.7 Å². The highest BCUT2D eigenvalue weighted by Gasteiger charge is 2.21. The molecule has 1 saturated heterocycles. The van der Waals surface area contributed by atoms with Crippen LogP contribution in [-0.2, 0) is 11.3 Å². The number of nitrogens with two attached hydrogens (primary N) is 1. The van der Waals surface area contributed by atoms with Gasteiger partial charge in [-0.3, -0.25) is 9.69 Å². The standard InChI is InChI=1S/C23H23Cl3N4OS2/c24-17-3-1-14(9-19(17)26)11-30-7-5-16(6-8-30)28-22(31)13-33-23-29-21(12-32-23)15-2-4-18(25)20(27)10-15/h1-4,9-10,12,16H,5-8,11,13,27H2,(H,28,31). The quantitative estimate of drug-likeness (QED) is 0.274. The van der Waals surface area contributed by atoms with Crippen molar-refractivity contribution in [3.05, 3.63) is 62.4 Å². The van der Waals surface area contributed by atoms with Crippen LogP contribution in [0, 0.1) is 0 Å². The molecule has 0 unspecified atom stereocenters. The third-order valence-corrected chi connectivity index (χ3v) is 8.55. The van der Waals surface area contributed by atoms with Crippen LogP contribution in [-0.4, -0.2) is 40.7 Å². The van der Waals surface area contributed by atoms with Gasteiger partial charge >= 0.3 is 0 Å². The number of carbonyl (C=O) groups is 1. The van der Waals surface area contributed by atoms with Crippen LogP contribution in [0.5, 0.6) is 0 Å². The molecule has 174 valence electrons. The van der Waals surface area contributed by atoms with Gasteiger partial charge < -0.3 is 11.1 Å². The van der Waals surface area contributed by atoms with Gasteiger partial charge in [-0.15, -0.1) is 11.3 Å². The molecule has 2 aromatic carbocycles. The highest BCUT2D eigenvalue weighted by Crippen LogP contribution is 2.31. The topological polar surface area (TPSA) is 71.2 Å². The Balaban J connectivity index is 1.20. The predicted molar refractivity (Wildman–Crippen MR) is 141 cm³/mol. The van der Waals surface area contributed by atoms with E-state index in [-0.39, 0.29) is 11.9 Å². The van der Waals surface area contributed by atoms with Crippen LogP contribution in [0.25, 0.3) is 11.3 Å². The minimum atomic E-state index is 0.0374. The van der Waals surface area contributed by atoms with E-state index in [2.05, 4.69) is 15.2 Å². The van der Waals surface area contributed by atoms with E-state index in [9.17, 15) is 4.79 Å². The third kappa shape index (κ3) is 6.78. The number of nitrogens with zero attached hydrogens (tertiary/aromatic N) is 2. The molecule has 1 fully saturated rings. The normalized spacial score (nSPS) is 15.0. The molecule has 0 saturated carbocycles. The molecule has 0 bridgehead atoms. The Morgan fingerprint density at radius 3 is 2.61 bits per heavy atom. The number of anilines is 1. The first-order valence-corrected chi connectivity index (χ1v) is 13.5. The summed E-state index contributed by atoms with van der Waals surface area (Å²) in [5, 5.41) is 6.81. The number of rotatable bonds is 7. The first-order chi connectivity index (χ1) is 15.9. The molecule has 3 aromatic rings. The molecular weight excluding hydrogens is 519 g/mol. The Labute approximate surface area is 216 Å². The number of benzene rings is 2. The molecule has 2 heterocycles. The first-order valence-electron chi connectivity index (χ1n) is 10.5. The first kappa shape index (κ1) is 24.6. The number of halogens is 3. The molecule has 0 atom stereocenters. The van der Waals surface area contributed by atoms with Gasteiger partial charge in [-0.25, -0.2) is 4.98 Å². The van der Waals surface area contributed by atoms with Gasteiger partial charge in [-0.2, -0.15) is 0 Å². The summed E-state index contributed by atoms with van der Waals surface area (Å²) in [4.78, 5) is 19.4. The van der Waals surface area contributed by atoms with Crippen molar-refractivity contribution >= 4 is 69.5 Å². The summed E-state index contributed by atoms with van der Waals surface area (Å²) < 4.78 is 0.852. The fourth-order valence-corrected chi connectivity index (χ4v) is 5.77. The average molecular weight is 542 g/mol. The zero-order chi connectivity index (χ0) is 23.4. The number of nitrogens with one attached hydrogen (secondary N) is 1. The van der Waals surface area contributed by atoms with Crippen molar-refractivity contribution in [2.45, 2.75) is 29.8 Å². The van der Waals surface area contributed by atoms with Crippen molar-refractivity contribution in [1.29, 1.82) is 0 Å². The van der Waals surface area contributed by atoms with E-state index in [1.807, 2.05) is 35.7 Å². The molecule has 0 radical (unpaired) electrons. The van der Waals surface area contributed by atoms with Crippen LogP contribution in [0.2, 0.25) is 15.1 Å². The Bertz CT molecular complexity index is 1130. The highest BCUT2D eigenvalue weighted by molar-refractivity contribution is 8.01. The van der Waals surface area contributed by atoms with Crippen molar-refractivity contribution in [1.82, 2.24) is 15.2 Å². The van der Waals surface area contributed by atoms with E-state index in [0.29, 0.717) is 26.5 Å². The lowest BCUT2D eigenvalue weighted by Crippen LogP contribution is -2.44. The van der Waals surface area contributed by atoms with E-state index < -0.39 is 0 Å². The van der Waals surface area contributed by atoms with E-state index in [0.717, 1.165) is 53.6 Å². The van der Waals surface area contributed by atoms with Gasteiger partial charge in [0.25, 0.3) is 0 Å². The van der Waals surface area contributed by atoms with Gasteiger partial charge in [0.2, 0.25) is 5.91 Å². The van der Waals surface area contributed by atoms with Gasteiger partial charge in [-0.05, 0) is 42.7 Å². The summed E-state index contributed by atoms with van der Waals surface area (Å²) >= 11 is 21.1. The molecule has 1 amide bonds. The lowest BCUT2D eigenvalue weighted by molar-refractivity contribution is -0.119. The van der Waals surface area contributed by atoms with Crippen LogP contribution in [0.4, 0.5) is 5.69 Å². The van der Waals surface area contributed by atoms with Crippen LogP contribution >= 0.6 is 57.9 Å². The van der Waals surface area contributed by atoms with E-state index in [1.165, 1.54) is 23.1 Å². The summed E-state index contributed by atoms with van der Waals surface area (Å²) in [6.45, 7) is 2.69.